The van der Waals surface area contributed by atoms with Gasteiger partial charge in [0.05, 0.1) is 0 Å². The Morgan fingerprint density at radius 2 is 1.04 bits per heavy atom. The Kier molecular flexibility index (Phi) is 8.95. The van der Waals surface area contributed by atoms with E-state index in [1.807, 2.05) is 0 Å². The zero-order valence-electron chi connectivity index (χ0n) is 13.3. The van der Waals surface area contributed by atoms with Crippen molar-refractivity contribution in [3.05, 3.63) is 71.8 Å². The Labute approximate surface area is 156 Å². The molecule has 0 spiro atoms. The molecule has 0 aliphatic rings. The molecule has 0 radical (unpaired) electrons. The molecule has 0 fully saturated rings. The van der Waals surface area contributed by atoms with Crippen LogP contribution in [0.5, 0.6) is 0 Å². The van der Waals surface area contributed by atoms with Crippen LogP contribution in [0.3, 0.4) is 0 Å². The van der Waals surface area contributed by atoms with Crippen LogP contribution in [0.4, 0.5) is 0 Å². The first-order valence-corrected chi connectivity index (χ1v) is 10.1. The van der Waals surface area contributed by atoms with Crippen molar-refractivity contribution >= 4 is 31.9 Å². The highest BCUT2D eigenvalue weighted by Crippen LogP contribution is 2.20. The van der Waals surface area contributed by atoms with Crippen molar-refractivity contribution in [2.45, 2.75) is 48.6 Å². The van der Waals surface area contributed by atoms with Gasteiger partial charge in [0.2, 0.25) is 0 Å². The van der Waals surface area contributed by atoms with E-state index in [4.69, 9.17) is 4.74 Å². The first-order chi connectivity index (χ1) is 11.2. The van der Waals surface area contributed by atoms with E-state index in [1.165, 1.54) is 11.1 Å². The van der Waals surface area contributed by atoms with Gasteiger partial charge in [-0.2, -0.15) is 0 Å². The first kappa shape index (κ1) is 18.7. The van der Waals surface area contributed by atoms with Gasteiger partial charge in [-0.1, -0.05) is 92.5 Å². The Balaban J connectivity index is 1.56. The second-order valence-electron chi connectivity index (χ2n) is 5.71. The highest BCUT2D eigenvalue weighted by atomic mass is 79.9. The van der Waals surface area contributed by atoms with E-state index in [2.05, 4.69) is 92.5 Å². The first-order valence-electron chi connectivity index (χ1n) is 8.25. The molecule has 0 amide bonds. The highest BCUT2D eigenvalue weighted by Gasteiger charge is 2.11. The maximum Gasteiger partial charge on any atom is 0.114 e. The van der Waals surface area contributed by atoms with Crippen LogP contribution in [-0.4, -0.2) is 10.0 Å². The van der Waals surface area contributed by atoms with Crippen LogP contribution < -0.4 is 0 Å². The summed E-state index contributed by atoms with van der Waals surface area (Å²) in [6.45, 7) is 0. The predicted molar refractivity (Wildman–Crippen MR) is 105 cm³/mol. The van der Waals surface area contributed by atoms with Crippen LogP contribution in [0, 0.1) is 0 Å². The molecule has 0 aliphatic heterocycles. The number of rotatable bonds is 10. The lowest BCUT2D eigenvalue weighted by molar-refractivity contribution is 0.0878. The molecule has 23 heavy (non-hydrogen) atoms. The summed E-state index contributed by atoms with van der Waals surface area (Å²) >= 11 is 7.27. The number of hydrogen-bond donors (Lipinski definition) is 0. The summed E-state index contributed by atoms with van der Waals surface area (Å²) in [4.78, 5) is 0. The maximum atomic E-state index is 5.96. The van der Waals surface area contributed by atoms with Gasteiger partial charge in [-0.05, 0) is 49.7 Å². The summed E-state index contributed by atoms with van der Waals surface area (Å²) in [5.41, 5.74) is 2.79. The van der Waals surface area contributed by atoms with E-state index in [0.717, 1.165) is 38.5 Å². The summed E-state index contributed by atoms with van der Waals surface area (Å²) in [5.74, 6) is 0. The van der Waals surface area contributed by atoms with Crippen LogP contribution >= 0.6 is 31.9 Å². The van der Waals surface area contributed by atoms with Crippen molar-refractivity contribution in [1.29, 1.82) is 0 Å². The van der Waals surface area contributed by atoms with Crippen molar-refractivity contribution in [2.75, 3.05) is 0 Å². The molecule has 0 saturated carbocycles. The minimum Gasteiger partial charge on any atom is -0.353 e. The third-order valence-electron chi connectivity index (χ3n) is 3.77. The zero-order valence-corrected chi connectivity index (χ0v) is 16.5. The molecule has 0 bridgehead atoms. The average molecular weight is 440 g/mol. The van der Waals surface area contributed by atoms with Gasteiger partial charge >= 0.3 is 0 Å². The number of halogens is 2. The molecule has 1 nitrogen and oxygen atoms in total. The van der Waals surface area contributed by atoms with Crippen LogP contribution in [-0.2, 0) is 17.6 Å². The minimum atomic E-state index is 0.118. The molecule has 0 N–H and O–H groups in total. The lowest BCUT2D eigenvalue weighted by Gasteiger charge is -2.16. The van der Waals surface area contributed by atoms with Gasteiger partial charge in [-0.15, -0.1) is 0 Å². The highest BCUT2D eigenvalue weighted by molar-refractivity contribution is 9.10. The zero-order chi connectivity index (χ0) is 16.3. The fraction of sp³-hybridized carbons (Fsp3) is 0.400. The van der Waals surface area contributed by atoms with E-state index in [0.29, 0.717) is 0 Å². The molecular weight excluding hydrogens is 416 g/mol. The molecule has 0 aliphatic carbocycles. The molecular formula is C20H24Br2O. The molecule has 124 valence electrons. The van der Waals surface area contributed by atoms with E-state index in [-0.39, 0.29) is 10.0 Å². The van der Waals surface area contributed by atoms with Gasteiger partial charge in [0.1, 0.15) is 10.0 Å². The molecule has 2 rings (SSSR count). The minimum absolute atomic E-state index is 0.118. The van der Waals surface area contributed by atoms with Crippen LogP contribution in [0.25, 0.3) is 0 Å². The fourth-order valence-corrected chi connectivity index (χ4v) is 3.98. The van der Waals surface area contributed by atoms with Gasteiger partial charge in [0, 0.05) is 0 Å². The molecule has 0 saturated heterocycles. The van der Waals surface area contributed by atoms with Gasteiger partial charge < -0.3 is 4.74 Å². The van der Waals surface area contributed by atoms with Crippen molar-refractivity contribution in [1.82, 2.24) is 0 Å². The summed E-state index contributed by atoms with van der Waals surface area (Å²) in [6.07, 6.45) is 6.51. The Bertz CT molecular complexity index is 480. The van der Waals surface area contributed by atoms with Gasteiger partial charge in [-0.3, -0.25) is 0 Å². The topological polar surface area (TPSA) is 9.23 Å². The summed E-state index contributed by atoms with van der Waals surface area (Å²) in [7, 11) is 0. The number of benzene rings is 2. The van der Waals surface area contributed by atoms with Crippen LogP contribution in [0.15, 0.2) is 60.7 Å². The van der Waals surface area contributed by atoms with E-state index >= 15 is 0 Å². The number of hydrogen-bond acceptors (Lipinski definition) is 1. The lowest BCUT2D eigenvalue weighted by atomic mass is 10.1. The number of alkyl halides is 2. The van der Waals surface area contributed by atoms with Crippen LogP contribution in [0.2, 0.25) is 0 Å². The largest absolute Gasteiger partial charge is 0.353 e. The maximum absolute atomic E-state index is 5.96. The van der Waals surface area contributed by atoms with Crippen molar-refractivity contribution in [2.24, 2.45) is 0 Å². The fourth-order valence-electron chi connectivity index (χ4n) is 2.52. The molecule has 2 unspecified atom stereocenters. The average Bonchev–Trinajstić information content (AvgIpc) is 2.57. The molecule has 2 aromatic carbocycles. The van der Waals surface area contributed by atoms with E-state index in [1.54, 1.807) is 0 Å². The summed E-state index contributed by atoms with van der Waals surface area (Å²) in [6, 6.07) is 21.2. The summed E-state index contributed by atoms with van der Waals surface area (Å²) in [5, 5.41) is 0.236. The van der Waals surface area contributed by atoms with Crippen molar-refractivity contribution in [3.63, 3.8) is 0 Å². The monoisotopic (exact) mass is 438 g/mol. The lowest BCUT2D eigenvalue weighted by Crippen LogP contribution is -2.12. The molecule has 0 heterocycles. The standard InChI is InChI=1S/C20H24Br2O/c21-19(15-7-13-17-9-3-1-4-10-17)23-20(22)16-8-14-18-11-5-2-6-12-18/h1-6,9-12,19-20H,7-8,13-16H2. The van der Waals surface area contributed by atoms with Gasteiger partial charge in [0.15, 0.2) is 0 Å². The van der Waals surface area contributed by atoms with Crippen molar-refractivity contribution in [3.8, 4) is 0 Å². The van der Waals surface area contributed by atoms with E-state index < -0.39 is 0 Å². The van der Waals surface area contributed by atoms with Crippen molar-refractivity contribution < 1.29 is 4.74 Å². The quantitative estimate of drug-likeness (QED) is 0.384. The Morgan fingerprint density at radius 3 is 1.43 bits per heavy atom. The molecule has 2 atom stereocenters. The molecule has 0 aromatic heterocycles. The SMILES string of the molecule is BrC(CCCc1ccccc1)OC(Br)CCCc1ccccc1. The van der Waals surface area contributed by atoms with Crippen LogP contribution in [0.1, 0.15) is 36.8 Å². The molecule has 3 heteroatoms. The number of aryl methyl sites for hydroxylation is 2. The second-order valence-corrected chi connectivity index (χ2v) is 7.75. The predicted octanol–water partition coefficient (Wildman–Crippen LogP) is 6.49. The van der Waals surface area contributed by atoms with Gasteiger partial charge in [-0.25, -0.2) is 0 Å². The second kappa shape index (κ2) is 11.0. The summed E-state index contributed by atoms with van der Waals surface area (Å²) < 4.78 is 5.96. The third-order valence-corrected chi connectivity index (χ3v) is 5.12. The number of ether oxygens (including phenoxy) is 1. The Hall–Kier alpha value is -0.640. The van der Waals surface area contributed by atoms with Gasteiger partial charge in [0.25, 0.3) is 0 Å². The third kappa shape index (κ3) is 8.14. The smallest absolute Gasteiger partial charge is 0.114 e. The normalized spacial score (nSPS) is 13.7. The molecule has 2 aromatic rings. The Morgan fingerprint density at radius 1 is 0.652 bits per heavy atom. The van der Waals surface area contributed by atoms with E-state index in [9.17, 15) is 0 Å².